The van der Waals surface area contributed by atoms with Crippen LogP contribution in [0.1, 0.15) is 23.1 Å². The first-order valence-corrected chi connectivity index (χ1v) is 5.18. The topological polar surface area (TPSA) is 76.7 Å². The van der Waals surface area contributed by atoms with Crippen molar-refractivity contribution in [3.8, 4) is 5.75 Å². The molecular formula is C10H8F3N3O3. The number of hydrogen-bond acceptors (Lipinski definition) is 4. The monoisotopic (exact) mass is 275 g/mol. The zero-order valence-corrected chi connectivity index (χ0v) is 9.60. The molecule has 0 aliphatic carbocycles. The standard InChI is InChI=1S/C10H8F3N3O3/c1-2-6-7(8(17)18)16-4-5(19-10(11,12)13)3-14-9(16)15-6/h3-4H,2H2,1H3,(H,17,18). The first-order chi connectivity index (χ1) is 8.81. The highest BCUT2D eigenvalue weighted by Crippen LogP contribution is 2.23. The van der Waals surface area contributed by atoms with Crippen molar-refractivity contribution in [3.63, 3.8) is 0 Å². The number of carbonyl (C=O) groups is 1. The number of alkyl halides is 3. The van der Waals surface area contributed by atoms with Crippen LogP contribution in [0.4, 0.5) is 13.2 Å². The van der Waals surface area contributed by atoms with Crippen LogP contribution in [-0.2, 0) is 6.42 Å². The third kappa shape index (κ3) is 2.59. The van der Waals surface area contributed by atoms with Crippen molar-refractivity contribution in [2.45, 2.75) is 19.7 Å². The Labute approximate surface area is 104 Å². The number of carboxylic acids is 1. The Morgan fingerprint density at radius 3 is 2.74 bits per heavy atom. The molecule has 102 valence electrons. The first kappa shape index (κ1) is 13.1. The van der Waals surface area contributed by atoms with Gasteiger partial charge in [0.1, 0.15) is 0 Å². The van der Waals surface area contributed by atoms with E-state index >= 15 is 0 Å². The van der Waals surface area contributed by atoms with Gasteiger partial charge in [-0.25, -0.2) is 14.8 Å². The number of hydrogen-bond donors (Lipinski definition) is 1. The van der Waals surface area contributed by atoms with E-state index in [1.54, 1.807) is 6.92 Å². The summed E-state index contributed by atoms with van der Waals surface area (Å²) in [5, 5.41) is 9.06. The minimum atomic E-state index is -4.87. The van der Waals surface area contributed by atoms with Crippen LogP contribution in [0, 0.1) is 0 Å². The summed E-state index contributed by atoms with van der Waals surface area (Å²) in [5.74, 6) is -1.90. The van der Waals surface area contributed by atoms with E-state index in [0.29, 0.717) is 6.42 Å². The summed E-state index contributed by atoms with van der Waals surface area (Å²) in [5.41, 5.74) is 0.0155. The van der Waals surface area contributed by atoms with Gasteiger partial charge in [-0.05, 0) is 6.42 Å². The molecule has 0 aromatic carbocycles. The number of rotatable bonds is 3. The van der Waals surface area contributed by atoms with E-state index in [1.807, 2.05) is 0 Å². The predicted octanol–water partition coefficient (Wildman–Crippen LogP) is 1.89. The molecule has 0 spiro atoms. The van der Waals surface area contributed by atoms with Gasteiger partial charge in [0.15, 0.2) is 11.4 Å². The molecule has 2 aromatic heterocycles. The van der Waals surface area contributed by atoms with Gasteiger partial charge in [-0.2, -0.15) is 0 Å². The van der Waals surface area contributed by atoms with E-state index in [1.165, 1.54) is 0 Å². The van der Waals surface area contributed by atoms with Crippen molar-refractivity contribution in [2.75, 3.05) is 0 Å². The molecule has 0 saturated heterocycles. The lowest BCUT2D eigenvalue weighted by molar-refractivity contribution is -0.274. The third-order valence-electron chi connectivity index (χ3n) is 2.30. The average molecular weight is 275 g/mol. The molecule has 2 rings (SSSR count). The molecule has 2 heterocycles. The van der Waals surface area contributed by atoms with Crippen LogP contribution in [0.5, 0.6) is 5.75 Å². The van der Waals surface area contributed by atoms with Gasteiger partial charge in [-0.15, -0.1) is 13.2 Å². The summed E-state index contributed by atoms with van der Waals surface area (Å²) in [6.07, 6.45) is -2.82. The van der Waals surface area contributed by atoms with Crippen molar-refractivity contribution >= 4 is 11.7 Å². The molecule has 0 unspecified atom stereocenters. The maximum atomic E-state index is 12.1. The average Bonchev–Trinajstić information content (AvgIpc) is 2.64. The molecule has 9 heteroatoms. The van der Waals surface area contributed by atoms with Crippen molar-refractivity contribution in [1.82, 2.24) is 14.4 Å². The summed E-state index contributed by atoms with van der Waals surface area (Å²) >= 11 is 0. The molecule has 0 amide bonds. The molecule has 6 nitrogen and oxygen atoms in total. The number of ether oxygens (including phenoxy) is 1. The molecule has 0 saturated carbocycles. The van der Waals surface area contributed by atoms with Crippen molar-refractivity contribution < 1.29 is 27.8 Å². The number of aromatic carboxylic acids is 1. The van der Waals surface area contributed by atoms with Crippen molar-refractivity contribution in [3.05, 3.63) is 23.8 Å². The normalized spacial score (nSPS) is 11.8. The second-order valence-electron chi connectivity index (χ2n) is 3.57. The van der Waals surface area contributed by atoms with Gasteiger partial charge in [0.25, 0.3) is 0 Å². The molecule has 19 heavy (non-hydrogen) atoms. The Morgan fingerprint density at radius 1 is 1.53 bits per heavy atom. The summed E-state index contributed by atoms with van der Waals surface area (Å²) in [6, 6.07) is 0. The smallest absolute Gasteiger partial charge is 0.477 e. The van der Waals surface area contributed by atoms with Crippen molar-refractivity contribution in [1.29, 1.82) is 0 Å². The van der Waals surface area contributed by atoms with Gasteiger partial charge < -0.3 is 9.84 Å². The lowest BCUT2D eigenvalue weighted by atomic mass is 10.2. The quantitative estimate of drug-likeness (QED) is 0.925. The minimum Gasteiger partial charge on any atom is -0.477 e. The Kier molecular flexibility index (Phi) is 3.05. The largest absolute Gasteiger partial charge is 0.573 e. The highest BCUT2D eigenvalue weighted by Gasteiger charge is 2.31. The van der Waals surface area contributed by atoms with Gasteiger partial charge >= 0.3 is 12.3 Å². The fraction of sp³-hybridized carbons (Fsp3) is 0.300. The van der Waals surface area contributed by atoms with E-state index in [2.05, 4.69) is 14.7 Å². The molecule has 0 radical (unpaired) electrons. The van der Waals surface area contributed by atoms with Gasteiger partial charge in [0.05, 0.1) is 18.1 Å². The Balaban J connectivity index is 2.57. The fourth-order valence-corrected chi connectivity index (χ4v) is 1.62. The zero-order chi connectivity index (χ0) is 14.2. The molecule has 2 aromatic rings. The number of aromatic nitrogens is 3. The number of carboxylic acid groups (broad SMARTS) is 1. The second-order valence-corrected chi connectivity index (χ2v) is 3.57. The molecular weight excluding hydrogens is 267 g/mol. The Bertz CT molecular complexity index is 636. The zero-order valence-electron chi connectivity index (χ0n) is 9.60. The van der Waals surface area contributed by atoms with Gasteiger partial charge in [0.2, 0.25) is 5.78 Å². The number of fused-ring (bicyclic) bond motifs is 1. The fourth-order valence-electron chi connectivity index (χ4n) is 1.62. The second kappa shape index (κ2) is 4.41. The van der Waals surface area contributed by atoms with E-state index in [4.69, 9.17) is 5.11 Å². The lowest BCUT2D eigenvalue weighted by Gasteiger charge is -2.08. The highest BCUT2D eigenvalue weighted by atomic mass is 19.4. The minimum absolute atomic E-state index is 0.00349. The molecule has 0 atom stereocenters. The van der Waals surface area contributed by atoms with Crippen LogP contribution >= 0.6 is 0 Å². The number of nitrogens with zero attached hydrogens (tertiary/aromatic N) is 3. The SMILES string of the molecule is CCc1nc2ncc(OC(F)(F)F)cn2c1C(=O)O. The van der Waals surface area contributed by atoms with Crippen LogP contribution in [0.3, 0.4) is 0 Å². The maximum absolute atomic E-state index is 12.1. The van der Waals surface area contributed by atoms with E-state index in [0.717, 1.165) is 16.8 Å². The third-order valence-corrected chi connectivity index (χ3v) is 2.30. The van der Waals surface area contributed by atoms with Crippen LogP contribution in [0.15, 0.2) is 12.4 Å². The van der Waals surface area contributed by atoms with E-state index in [-0.39, 0.29) is 17.2 Å². The first-order valence-electron chi connectivity index (χ1n) is 5.18. The number of imidazole rings is 1. The van der Waals surface area contributed by atoms with Crippen LogP contribution in [0.2, 0.25) is 0 Å². The Morgan fingerprint density at radius 2 is 2.21 bits per heavy atom. The van der Waals surface area contributed by atoms with Crippen molar-refractivity contribution in [2.24, 2.45) is 0 Å². The van der Waals surface area contributed by atoms with Crippen LogP contribution in [-0.4, -0.2) is 31.8 Å². The van der Waals surface area contributed by atoms with E-state index < -0.39 is 18.1 Å². The molecule has 0 aliphatic rings. The van der Waals surface area contributed by atoms with Crippen LogP contribution in [0.25, 0.3) is 5.78 Å². The summed E-state index contributed by atoms with van der Waals surface area (Å²) in [6.45, 7) is 1.68. The lowest BCUT2D eigenvalue weighted by Crippen LogP contribution is -2.17. The van der Waals surface area contributed by atoms with Gasteiger partial charge in [0, 0.05) is 0 Å². The number of aryl methyl sites for hydroxylation is 1. The molecule has 1 N–H and O–H groups in total. The molecule has 0 fully saturated rings. The summed E-state index contributed by atoms with van der Waals surface area (Å²) < 4.78 is 40.9. The highest BCUT2D eigenvalue weighted by molar-refractivity contribution is 5.88. The summed E-state index contributed by atoms with van der Waals surface area (Å²) in [4.78, 5) is 18.7. The number of halogens is 3. The van der Waals surface area contributed by atoms with Gasteiger partial charge in [-0.1, -0.05) is 6.92 Å². The van der Waals surface area contributed by atoms with Crippen LogP contribution < -0.4 is 4.74 Å². The summed E-state index contributed by atoms with van der Waals surface area (Å²) in [7, 11) is 0. The molecule has 0 bridgehead atoms. The Hall–Kier alpha value is -2.32. The van der Waals surface area contributed by atoms with E-state index in [9.17, 15) is 18.0 Å². The maximum Gasteiger partial charge on any atom is 0.573 e. The van der Waals surface area contributed by atoms with Gasteiger partial charge in [-0.3, -0.25) is 4.40 Å². The predicted molar refractivity (Wildman–Crippen MR) is 56.0 cm³/mol. The molecule has 0 aliphatic heterocycles.